The van der Waals surface area contributed by atoms with Crippen LogP contribution in [0.2, 0.25) is 0 Å². The molecule has 1 rings (SSSR count). The second-order valence-electron chi connectivity index (χ2n) is 3.14. The van der Waals surface area contributed by atoms with Gasteiger partial charge in [-0.2, -0.15) is 0 Å². The van der Waals surface area contributed by atoms with Crippen molar-refractivity contribution in [3.63, 3.8) is 0 Å². The predicted molar refractivity (Wildman–Crippen MR) is 59.7 cm³/mol. The van der Waals surface area contributed by atoms with E-state index in [0.717, 1.165) is 37.0 Å². The summed E-state index contributed by atoms with van der Waals surface area (Å²) < 4.78 is 0. The first-order valence-corrected chi connectivity index (χ1v) is 5.09. The van der Waals surface area contributed by atoms with Gasteiger partial charge in [0, 0.05) is 19.2 Å². The molecule has 0 bridgehead atoms. The van der Waals surface area contributed by atoms with Crippen molar-refractivity contribution in [1.82, 2.24) is 9.97 Å². The Labute approximate surface area is 85.2 Å². The molecule has 4 heteroatoms. The standard InChI is InChI=1S/C10H18N4/c1-4-6-12-10-7-9(11-5-2)13-8(3)14-10/h7H,4-6H2,1-3H3,(H2,11,12,13,14). The van der Waals surface area contributed by atoms with Gasteiger partial charge in [-0.05, 0) is 20.3 Å². The average molecular weight is 194 g/mol. The van der Waals surface area contributed by atoms with Crippen molar-refractivity contribution in [3.05, 3.63) is 11.9 Å². The zero-order valence-corrected chi connectivity index (χ0v) is 9.09. The monoisotopic (exact) mass is 194 g/mol. The van der Waals surface area contributed by atoms with E-state index in [2.05, 4.69) is 34.4 Å². The van der Waals surface area contributed by atoms with E-state index >= 15 is 0 Å². The summed E-state index contributed by atoms with van der Waals surface area (Å²) in [5.74, 6) is 2.58. The summed E-state index contributed by atoms with van der Waals surface area (Å²) in [5.41, 5.74) is 0. The molecule has 1 aromatic rings. The minimum Gasteiger partial charge on any atom is -0.370 e. The van der Waals surface area contributed by atoms with Gasteiger partial charge < -0.3 is 10.6 Å². The first-order chi connectivity index (χ1) is 6.76. The minimum atomic E-state index is 0.794. The molecule has 0 atom stereocenters. The third-order valence-electron chi connectivity index (χ3n) is 1.75. The second kappa shape index (κ2) is 5.42. The molecule has 0 fully saturated rings. The fourth-order valence-corrected chi connectivity index (χ4v) is 1.18. The first-order valence-electron chi connectivity index (χ1n) is 5.09. The molecule has 1 heterocycles. The topological polar surface area (TPSA) is 49.8 Å². The maximum Gasteiger partial charge on any atom is 0.131 e. The lowest BCUT2D eigenvalue weighted by Gasteiger charge is -2.07. The Balaban J connectivity index is 2.73. The Kier molecular flexibility index (Phi) is 4.16. The number of hydrogen-bond acceptors (Lipinski definition) is 4. The van der Waals surface area contributed by atoms with Crippen LogP contribution in [0.25, 0.3) is 0 Å². The molecule has 0 saturated carbocycles. The van der Waals surface area contributed by atoms with Crippen LogP contribution < -0.4 is 10.6 Å². The quantitative estimate of drug-likeness (QED) is 0.753. The van der Waals surface area contributed by atoms with Crippen LogP contribution in [0.1, 0.15) is 26.1 Å². The molecule has 0 saturated heterocycles. The van der Waals surface area contributed by atoms with Crippen LogP contribution >= 0.6 is 0 Å². The van der Waals surface area contributed by atoms with Gasteiger partial charge in [0.15, 0.2) is 0 Å². The highest BCUT2D eigenvalue weighted by Crippen LogP contribution is 2.10. The van der Waals surface area contributed by atoms with E-state index in [9.17, 15) is 0 Å². The largest absolute Gasteiger partial charge is 0.370 e. The second-order valence-corrected chi connectivity index (χ2v) is 3.14. The fourth-order valence-electron chi connectivity index (χ4n) is 1.18. The third kappa shape index (κ3) is 3.20. The van der Waals surface area contributed by atoms with E-state index in [1.165, 1.54) is 0 Å². The fraction of sp³-hybridized carbons (Fsp3) is 0.600. The van der Waals surface area contributed by atoms with E-state index in [-0.39, 0.29) is 0 Å². The van der Waals surface area contributed by atoms with E-state index < -0.39 is 0 Å². The molecule has 0 aromatic carbocycles. The summed E-state index contributed by atoms with van der Waals surface area (Å²) in [6.07, 6.45) is 1.10. The minimum absolute atomic E-state index is 0.794. The predicted octanol–water partition coefficient (Wildman–Crippen LogP) is 2.04. The van der Waals surface area contributed by atoms with Crippen LogP contribution in [0.5, 0.6) is 0 Å². The number of anilines is 2. The molecule has 0 unspecified atom stereocenters. The molecule has 4 nitrogen and oxygen atoms in total. The number of nitrogens with one attached hydrogen (secondary N) is 2. The lowest BCUT2D eigenvalue weighted by Crippen LogP contribution is -2.06. The van der Waals surface area contributed by atoms with Crippen molar-refractivity contribution in [2.75, 3.05) is 23.7 Å². The Bertz CT molecular complexity index is 285. The SMILES string of the molecule is CCCNc1cc(NCC)nc(C)n1. The lowest BCUT2D eigenvalue weighted by atomic mass is 10.4. The maximum absolute atomic E-state index is 4.29. The van der Waals surface area contributed by atoms with Crippen molar-refractivity contribution in [1.29, 1.82) is 0 Å². The summed E-state index contributed by atoms with van der Waals surface area (Å²) >= 11 is 0. The molecule has 1 aromatic heterocycles. The zero-order chi connectivity index (χ0) is 10.4. The Morgan fingerprint density at radius 1 is 1.14 bits per heavy atom. The van der Waals surface area contributed by atoms with Gasteiger partial charge in [-0.15, -0.1) is 0 Å². The van der Waals surface area contributed by atoms with Crippen molar-refractivity contribution in [2.45, 2.75) is 27.2 Å². The third-order valence-corrected chi connectivity index (χ3v) is 1.75. The number of nitrogens with zero attached hydrogens (tertiary/aromatic N) is 2. The van der Waals surface area contributed by atoms with E-state index in [4.69, 9.17) is 0 Å². The molecule has 0 amide bonds. The molecule has 0 aliphatic carbocycles. The highest BCUT2D eigenvalue weighted by atomic mass is 15.1. The normalized spacial score (nSPS) is 9.93. The van der Waals surface area contributed by atoms with Gasteiger partial charge in [-0.3, -0.25) is 0 Å². The summed E-state index contributed by atoms with van der Waals surface area (Å²) in [4.78, 5) is 8.56. The van der Waals surface area contributed by atoms with Gasteiger partial charge in [0.1, 0.15) is 17.5 Å². The molecule has 2 N–H and O–H groups in total. The number of aryl methyl sites for hydroxylation is 1. The Hall–Kier alpha value is -1.32. The Morgan fingerprint density at radius 3 is 2.36 bits per heavy atom. The van der Waals surface area contributed by atoms with Crippen LogP contribution in [0.3, 0.4) is 0 Å². The summed E-state index contributed by atoms with van der Waals surface area (Å²) in [5, 5.41) is 6.42. The van der Waals surface area contributed by atoms with Crippen LogP contribution in [0, 0.1) is 6.92 Å². The zero-order valence-electron chi connectivity index (χ0n) is 9.09. The van der Waals surface area contributed by atoms with E-state index in [1.54, 1.807) is 0 Å². The highest BCUT2D eigenvalue weighted by Gasteiger charge is 1.99. The average Bonchev–Trinajstić information content (AvgIpc) is 2.14. The Morgan fingerprint density at radius 2 is 1.79 bits per heavy atom. The number of rotatable bonds is 5. The summed E-state index contributed by atoms with van der Waals surface area (Å²) in [6, 6.07) is 1.94. The van der Waals surface area contributed by atoms with Crippen LogP contribution in [0.4, 0.5) is 11.6 Å². The number of aromatic nitrogens is 2. The molecule has 78 valence electrons. The van der Waals surface area contributed by atoms with Gasteiger partial charge in [-0.1, -0.05) is 6.92 Å². The summed E-state index contributed by atoms with van der Waals surface area (Å²) in [7, 11) is 0. The molecule has 14 heavy (non-hydrogen) atoms. The van der Waals surface area contributed by atoms with Gasteiger partial charge in [0.25, 0.3) is 0 Å². The molecule has 0 radical (unpaired) electrons. The molecular weight excluding hydrogens is 176 g/mol. The molecular formula is C10H18N4. The lowest BCUT2D eigenvalue weighted by molar-refractivity contribution is 0.952. The molecule has 0 spiro atoms. The molecule has 0 aliphatic rings. The first kappa shape index (κ1) is 10.8. The number of hydrogen-bond donors (Lipinski definition) is 2. The highest BCUT2D eigenvalue weighted by molar-refractivity contribution is 5.47. The smallest absolute Gasteiger partial charge is 0.131 e. The van der Waals surface area contributed by atoms with Gasteiger partial charge >= 0.3 is 0 Å². The van der Waals surface area contributed by atoms with E-state index in [0.29, 0.717) is 0 Å². The van der Waals surface area contributed by atoms with Crippen molar-refractivity contribution >= 4 is 11.6 Å². The maximum atomic E-state index is 4.29. The van der Waals surface area contributed by atoms with E-state index in [1.807, 2.05) is 13.0 Å². The van der Waals surface area contributed by atoms with Gasteiger partial charge in [-0.25, -0.2) is 9.97 Å². The van der Waals surface area contributed by atoms with Crippen LogP contribution in [-0.4, -0.2) is 23.1 Å². The van der Waals surface area contributed by atoms with Crippen molar-refractivity contribution in [3.8, 4) is 0 Å². The van der Waals surface area contributed by atoms with Gasteiger partial charge in [0.05, 0.1) is 0 Å². The van der Waals surface area contributed by atoms with Crippen LogP contribution in [0.15, 0.2) is 6.07 Å². The van der Waals surface area contributed by atoms with Crippen LogP contribution in [-0.2, 0) is 0 Å². The summed E-state index contributed by atoms with van der Waals surface area (Å²) in [6.45, 7) is 7.91. The molecule has 0 aliphatic heterocycles. The van der Waals surface area contributed by atoms with Crippen molar-refractivity contribution in [2.24, 2.45) is 0 Å². The van der Waals surface area contributed by atoms with Gasteiger partial charge in [0.2, 0.25) is 0 Å². The van der Waals surface area contributed by atoms with Crippen molar-refractivity contribution < 1.29 is 0 Å².